The van der Waals surface area contributed by atoms with Crippen LogP contribution in [0.15, 0.2) is 60.8 Å². The van der Waals surface area contributed by atoms with Crippen molar-refractivity contribution in [2.75, 3.05) is 37.6 Å². The monoisotopic (exact) mass is 319 g/mol. The fraction of sp³-hybridized carbons (Fsp3) is 0.381. The van der Waals surface area contributed by atoms with Gasteiger partial charge in [0.2, 0.25) is 0 Å². The Hall–Kier alpha value is -2.13. The summed E-state index contributed by atoms with van der Waals surface area (Å²) in [6.07, 6.45) is 6.79. The first-order valence-electron chi connectivity index (χ1n) is 9.01. The Balaban J connectivity index is 1.27. The molecule has 1 aromatic carbocycles. The molecule has 1 saturated heterocycles. The van der Waals surface area contributed by atoms with E-state index in [1.807, 2.05) is 12.3 Å². The van der Waals surface area contributed by atoms with Crippen molar-refractivity contribution in [1.82, 2.24) is 9.88 Å². The van der Waals surface area contributed by atoms with Crippen molar-refractivity contribution in [3.8, 4) is 0 Å². The number of anilines is 1. The summed E-state index contributed by atoms with van der Waals surface area (Å²) < 4.78 is 0. The highest BCUT2D eigenvalue weighted by Gasteiger charge is 2.23. The van der Waals surface area contributed by atoms with Crippen molar-refractivity contribution in [3.63, 3.8) is 0 Å². The van der Waals surface area contributed by atoms with E-state index in [1.165, 1.54) is 30.5 Å². The van der Waals surface area contributed by atoms with Crippen LogP contribution in [0, 0.1) is 5.92 Å². The van der Waals surface area contributed by atoms with Crippen molar-refractivity contribution in [1.29, 1.82) is 0 Å². The molecule has 3 nitrogen and oxygen atoms in total. The van der Waals surface area contributed by atoms with Gasteiger partial charge in [-0.2, -0.15) is 0 Å². The molecule has 1 unspecified atom stereocenters. The third-order valence-electron chi connectivity index (χ3n) is 5.21. The molecular formula is C21H25N3. The van der Waals surface area contributed by atoms with E-state index in [-0.39, 0.29) is 0 Å². The average Bonchev–Trinajstić information content (AvgIpc) is 3.12. The van der Waals surface area contributed by atoms with E-state index < -0.39 is 0 Å². The minimum Gasteiger partial charge on any atom is -0.354 e. The summed E-state index contributed by atoms with van der Waals surface area (Å²) in [6, 6.07) is 17.0. The second-order valence-electron chi connectivity index (χ2n) is 6.88. The number of rotatable bonds is 4. The maximum Gasteiger partial charge on any atom is 0.128 e. The highest BCUT2D eigenvalue weighted by Crippen LogP contribution is 2.32. The zero-order valence-electron chi connectivity index (χ0n) is 14.1. The van der Waals surface area contributed by atoms with E-state index in [2.05, 4.69) is 63.3 Å². The Bertz CT molecular complexity index is 673. The minimum atomic E-state index is 0.779. The predicted molar refractivity (Wildman–Crippen MR) is 100 cm³/mol. The lowest BCUT2D eigenvalue weighted by Gasteiger charge is -2.36. The summed E-state index contributed by atoms with van der Waals surface area (Å²) in [5.74, 6) is 1.90. The third-order valence-corrected chi connectivity index (χ3v) is 5.21. The number of piperazine rings is 1. The molecule has 24 heavy (non-hydrogen) atoms. The first kappa shape index (κ1) is 15.4. The van der Waals surface area contributed by atoms with Crippen LogP contribution in [-0.4, -0.2) is 42.6 Å². The number of benzene rings is 1. The highest BCUT2D eigenvalue weighted by atomic mass is 15.3. The van der Waals surface area contributed by atoms with Gasteiger partial charge in [-0.05, 0) is 42.0 Å². The Morgan fingerprint density at radius 1 is 0.917 bits per heavy atom. The molecule has 1 aliphatic heterocycles. The van der Waals surface area contributed by atoms with Gasteiger partial charge in [-0.3, -0.25) is 4.90 Å². The molecule has 2 aliphatic rings. The maximum atomic E-state index is 4.47. The molecule has 0 amide bonds. The molecule has 3 heteroatoms. The molecule has 1 fully saturated rings. The Kier molecular flexibility index (Phi) is 4.61. The summed E-state index contributed by atoms with van der Waals surface area (Å²) in [5, 5.41) is 0. The molecule has 0 saturated carbocycles. The SMILES string of the molecule is C1=C(c2ccccc2)CC(CN2CCN(c3ccccn3)CC2)C1. The summed E-state index contributed by atoms with van der Waals surface area (Å²) in [4.78, 5) is 9.51. The van der Waals surface area contributed by atoms with E-state index in [9.17, 15) is 0 Å². The van der Waals surface area contributed by atoms with Crippen molar-refractivity contribution < 1.29 is 0 Å². The summed E-state index contributed by atoms with van der Waals surface area (Å²) >= 11 is 0. The predicted octanol–water partition coefficient (Wildman–Crippen LogP) is 3.70. The van der Waals surface area contributed by atoms with Crippen LogP contribution in [0.25, 0.3) is 5.57 Å². The van der Waals surface area contributed by atoms with Crippen LogP contribution in [0.3, 0.4) is 0 Å². The van der Waals surface area contributed by atoms with Crippen LogP contribution in [0.1, 0.15) is 18.4 Å². The molecule has 1 atom stereocenters. The standard InChI is InChI=1S/C21H25N3/c1-2-6-19(7-3-1)20-10-9-18(16-20)17-23-12-14-24(15-13-23)21-8-4-5-11-22-21/h1-8,10-11,18H,9,12-17H2. The lowest BCUT2D eigenvalue weighted by molar-refractivity contribution is 0.222. The zero-order valence-corrected chi connectivity index (χ0v) is 14.1. The van der Waals surface area contributed by atoms with Crippen molar-refractivity contribution in [2.24, 2.45) is 5.92 Å². The van der Waals surface area contributed by atoms with Gasteiger partial charge < -0.3 is 4.90 Å². The van der Waals surface area contributed by atoms with Crippen LogP contribution < -0.4 is 4.90 Å². The Labute approximate surface area is 144 Å². The lowest BCUT2D eigenvalue weighted by Crippen LogP contribution is -2.47. The first-order valence-corrected chi connectivity index (χ1v) is 9.01. The molecule has 0 radical (unpaired) electrons. The minimum absolute atomic E-state index is 0.779. The number of pyridine rings is 1. The highest BCUT2D eigenvalue weighted by molar-refractivity contribution is 5.67. The van der Waals surface area contributed by atoms with Crippen LogP contribution >= 0.6 is 0 Å². The van der Waals surface area contributed by atoms with E-state index in [0.717, 1.165) is 37.9 Å². The van der Waals surface area contributed by atoms with E-state index in [1.54, 1.807) is 0 Å². The second-order valence-corrected chi connectivity index (χ2v) is 6.88. The zero-order chi connectivity index (χ0) is 16.2. The number of nitrogens with zero attached hydrogens (tertiary/aromatic N) is 3. The first-order chi connectivity index (χ1) is 11.9. The van der Waals surface area contributed by atoms with Gasteiger partial charge >= 0.3 is 0 Å². The van der Waals surface area contributed by atoms with Gasteiger partial charge in [0.15, 0.2) is 0 Å². The summed E-state index contributed by atoms with van der Waals surface area (Å²) in [7, 11) is 0. The molecule has 4 rings (SSSR count). The summed E-state index contributed by atoms with van der Waals surface area (Å²) in [5.41, 5.74) is 2.94. The summed E-state index contributed by atoms with van der Waals surface area (Å²) in [6.45, 7) is 5.69. The van der Waals surface area contributed by atoms with Crippen LogP contribution in [0.4, 0.5) is 5.82 Å². The van der Waals surface area contributed by atoms with E-state index in [0.29, 0.717) is 0 Å². The number of allylic oxidation sites excluding steroid dienone is 2. The molecule has 0 spiro atoms. The Morgan fingerprint density at radius 3 is 2.46 bits per heavy atom. The van der Waals surface area contributed by atoms with Crippen molar-refractivity contribution >= 4 is 11.4 Å². The maximum absolute atomic E-state index is 4.47. The largest absolute Gasteiger partial charge is 0.354 e. The topological polar surface area (TPSA) is 19.4 Å². The van der Waals surface area contributed by atoms with Crippen molar-refractivity contribution in [2.45, 2.75) is 12.8 Å². The molecule has 2 aromatic rings. The van der Waals surface area contributed by atoms with E-state index >= 15 is 0 Å². The van der Waals surface area contributed by atoms with Crippen LogP contribution in [0.5, 0.6) is 0 Å². The van der Waals surface area contributed by atoms with Gasteiger partial charge in [-0.15, -0.1) is 0 Å². The molecule has 2 heterocycles. The third kappa shape index (κ3) is 3.51. The molecule has 1 aromatic heterocycles. The number of hydrogen-bond acceptors (Lipinski definition) is 3. The van der Waals surface area contributed by atoms with Crippen LogP contribution in [-0.2, 0) is 0 Å². The van der Waals surface area contributed by atoms with Gasteiger partial charge in [-0.25, -0.2) is 4.98 Å². The molecular weight excluding hydrogens is 294 g/mol. The normalized spacial score (nSPS) is 21.8. The molecule has 0 bridgehead atoms. The molecule has 1 aliphatic carbocycles. The molecule has 124 valence electrons. The second kappa shape index (κ2) is 7.18. The number of hydrogen-bond donors (Lipinski definition) is 0. The van der Waals surface area contributed by atoms with Crippen molar-refractivity contribution in [3.05, 3.63) is 66.4 Å². The Morgan fingerprint density at radius 2 is 1.71 bits per heavy atom. The van der Waals surface area contributed by atoms with Crippen LogP contribution in [0.2, 0.25) is 0 Å². The molecule has 0 N–H and O–H groups in total. The fourth-order valence-corrected chi connectivity index (χ4v) is 3.88. The fourth-order valence-electron chi connectivity index (χ4n) is 3.88. The van der Waals surface area contributed by atoms with Gasteiger partial charge in [0.05, 0.1) is 0 Å². The average molecular weight is 319 g/mol. The quantitative estimate of drug-likeness (QED) is 0.856. The van der Waals surface area contributed by atoms with Gasteiger partial charge in [-0.1, -0.05) is 42.5 Å². The van der Waals surface area contributed by atoms with E-state index in [4.69, 9.17) is 0 Å². The smallest absolute Gasteiger partial charge is 0.128 e. The number of aromatic nitrogens is 1. The van der Waals surface area contributed by atoms with Gasteiger partial charge in [0.25, 0.3) is 0 Å². The van der Waals surface area contributed by atoms with Gasteiger partial charge in [0, 0.05) is 38.9 Å². The van der Waals surface area contributed by atoms with Gasteiger partial charge in [0.1, 0.15) is 5.82 Å². The lowest BCUT2D eigenvalue weighted by atomic mass is 10.0.